The van der Waals surface area contributed by atoms with Crippen LogP contribution in [0.25, 0.3) is 16.5 Å². The van der Waals surface area contributed by atoms with Crippen LogP contribution >= 0.6 is 11.6 Å². The van der Waals surface area contributed by atoms with E-state index in [9.17, 15) is 4.79 Å². The fraction of sp³-hybridized carbons (Fsp3) is 0.435. The minimum atomic E-state index is -0.0826. The van der Waals surface area contributed by atoms with Crippen LogP contribution in [-0.4, -0.2) is 21.8 Å². The Labute approximate surface area is 173 Å². The summed E-state index contributed by atoms with van der Waals surface area (Å²) in [5, 5.41) is 4.65. The Balaban J connectivity index is 0.00000136. The molecule has 0 bridgehead atoms. The standard InChI is InChI=1S/C21H24ClN3O.C2H6/c1-5-12(3)21(26)20-16(17-11-23-15(6-2)7-13(17)4)8-14-10-24-19(22)9-18(14)25-20;1-2/h7-12,15,23H,5-6H2,1-4H3;1-2H3. The molecule has 28 heavy (non-hydrogen) atoms. The topological polar surface area (TPSA) is 54.9 Å². The summed E-state index contributed by atoms with van der Waals surface area (Å²) in [5.74, 6) is -0.0236. The van der Waals surface area contributed by atoms with Gasteiger partial charge < -0.3 is 5.32 Å². The van der Waals surface area contributed by atoms with E-state index in [1.807, 2.05) is 40.0 Å². The van der Waals surface area contributed by atoms with E-state index in [1.165, 1.54) is 0 Å². The molecule has 0 fully saturated rings. The summed E-state index contributed by atoms with van der Waals surface area (Å²) in [7, 11) is 0. The van der Waals surface area contributed by atoms with Gasteiger partial charge in [0.15, 0.2) is 5.78 Å². The lowest BCUT2D eigenvalue weighted by Crippen LogP contribution is -2.25. The molecule has 0 amide bonds. The zero-order valence-electron chi connectivity index (χ0n) is 17.6. The summed E-state index contributed by atoms with van der Waals surface area (Å²) in [4.78, 5) is 21.9. The number of rotatable bonds is 5. The SMILES string of the molecule is CC.CCC1C=C(C)C(c2cc3cnc(Cl)cc3nc2C(=O)C(C)CC)=CN1. The summed E-state index contributed by atoms with van der Waals surface area (Å²) >= 11 is 6.02. The molecule has 0 saturated heterocycles. The Morgan fingerprint density at radius 2 is 2.00 bits per heavy atom. The second-order valence-electron chi connectivity index (χ2n) is 6.85. The van der Waals surface area contributed by atoms with Gasteiger partial charge >= 0.3 is 0 Å². The van der Waals surface area contributed by atoms with Gasteiger partial charge in [0, 0.05) is 46.9 Å². The number of dihydropyridines is 1. The van der Waals surface area contributed by atoms with Crippen LogP contribution in [0.4, 0.5) is 0 Å². The molecule has 3 rings (SSSR count). The highest BCUT2D eigenvalue weighted by Crippen LogP contribution is 2.32. The molecule has 2 aromatic rings. The number of aromatic nitrogens is 2. The fourth-order valence-corrected chi connectivity index (χ4v) is 3.28. The number of fused-ring (bicyclic) bond motifs is 1. The molecule has 1 aliphatic heterocycles. The van der Waals surface area contributed by atoms with Crippen molar-refractivity contribution in [3.63, 3.8) is 0 Å². The molecular formula is C23H30ClN3O. The van der Waals surface area contributed by atoms with Crippen LogP contribution in [0.1, 0.15) is 70.4 Å². The molecule has 0 spiro atoms. The quantitative estimate of drug-likeness (QED) is 0.479. The van der Waals surface area contributed by atoms with E-state index in [4.69, 9.17) is 11.6 Å². The first-order valence-electron chi connectivity index (χ1n) is 10.1. The van der Waals surface area contributed by atoms with E-state index >= 15 is 0 Å². The first-order chi connectivity index (χ1) is 13.4. The zero-order chi connectivity index (χ0) is 20.8. The molecule has 2 atom stereocenters. The summed E-state index contributed by atoms with van der Waals surface area (Å²) in [5.41, 5.74) is 4.20. The van der Waals surface area contributed by atoms with E-state index in [1.54, 1.807) is 12.3 Å². The van der Waals surface area contributed by atoms with E-state index < -0.39 is 0 Å². The van der Waals surface area contributed by atoms with Crippen LogP contribution in [0.5, 0.6) is 0 Å². The Hall–Kier alpha value is -2.20. The van der Waals surface area contributed by atoms with E-state index in [0.717, 1.165) is 34.9 Å². The number of hydrogen-bond acceptors (Lipinski definition) is 4. The van der Waals surface area contributed by atoms with Gasteiger partial charge in [-0.2, -0.15) is 0 Å². The second-order valence-corrected chi connectivity index (χ2v) is 7.23. The van der Waals surface area contributed by atoms with Gasteiger partial charge in [-0.1, -0.05) is 52.3 Å². The summed E-state index contributed by atoms with van der Waals surface area (Å²) in [6, 6.07) is 4.02. The number of carbonyl (C=O) groups is 1. The number of allylic oxidation sites excluding steroid dienone is 2. The van der Waals surface area contributed by atoms with Gasteiger partial charge in [0.25, 0.3) is 0 Å². The number of hydrogen-bond donors (Lipinski definition) is 1. The number of nitrogens with zero attached hydrogens (tertiary/aromatic N) is 2. The molecule has 1 N–H and O–H groups in total. The number of nitrogens with one attached hydrogen (secondary N) is 1. The minimum absolute atomic E-state index is 0.0589. The molecule has 0 saturated carbocycles. The van der Waals surface area contributed by atoms with Gasteiger partial charge in [-0.05, 0) is 31.4 Å². The van der Waals surface area contributed by atoms with Gasteiger partial charge in [0.05, 0.1) is 5.52 Å². The van der Waals surface area contributed by atoms with Crippen LogP contribution in [-0.2, 0) is 0 Å². The molecule has 2 aromatic heterocycles. The van der Waals surface area contributed by atoms with Crippen molar-refractivity contribution in [2.75, 3.05) is 0 Å². The number of pyridine rings is 2. The highest BCUT2D eigenvalue weighted by molar-refractivity contribution is 6.30. The van der Waals surface area contributed by atoms with Crippen LogP contribution in [0, 0.1) is 5.92 Å². The molecule has 2 unspecified atom stereocenters. The molecule has 5 heteroatoms. The first kappa shape index (κ1) is 22.1. The van der Waals surface area contributed by atoms with Crippen molar-refractivity contribution in [3.8, 4) is 0 Å². The smallest absolute Gasteiger partial charge is 0.184 e. The van der Waals surface area contributed by atoms with Crippen molar-refractivity contribution in [1.82, 2.24) is 15.3 Å². The monoisotopic (exact) mass is 399 g/mol. The maximum atomic E-state index is 13.0. The predicted octanol–water partition coefficient (Wildman–Crippen LogP) is 6.21. The normalized spacial score (nSPS) is 17.0. The number of Topliss-reactive ketones (excluding diaryl/α,β-unsaturated/α-hetero) is 1. The molecule has 1 aliphatic rings. The van der Waals surface area contributed by atoms with Crippen molar-refractivity contribution >= 4 is 33.9 Å². The molecule has 0 aromatic carbocycles. The first-order valence-corrected chi connectivity index (χ1v) is 10.5. The lowest BCUT2D eigenvalue weighted by atomic mass is 9.89. The van der Waals surface area contributed by atoms with Crippen LogP contribution in [0.2, 0.25) is 5.15 Å². The maximum absolute atomic E-state index is 13.0. The lowest BCUT2D eigenvalue weighted by molar-refractivity contribution is 0.0922. The van der Waals surface area contributed by atoms with Crippen molar-refractivity contribution in [1.29, 1.82) is 0 Å². The Kier molecular flexibility index (Phi) is 7.76. The third-order valence-electron chi connectivity index (χ3n) is 5.01. The molecule has 0 aliphatic carbocycles. The lowest BCUT2D eigenvalue weighted by Gasteiger charge is -2.23. The summed E-state index contributed by atoms with van der Waals surface area (Å²) in [6.07, 6.45) is 7.70. The number of carbonyl (C=O) groups excluding carboxylic acids is 1. The highest BCUT2D eigenvalue weighted by atomic mass is 35.5. The largest absolute Gasteiger partial charge is 0.384 e. The van der Waals surface area contributed by atoms with Crippen molar-refractivity contribution in [3.05, 3.63) is 52.6 Å². The van der Waals surface area contributed by atoms with E-state index in [2.05, 4.69) is 35.2 Å². The van der Waals surface area contributed by atoms with Gasteiger partial charge in [-0.15, -0.1) is 0 Å². The van der Waals surface area contributed by atoms with Crippen LogP contribution < -0.4 is 5.32 Å². The summed E-state index contributed by atoms with van der Waals surface area (Å²) < 4.78 is 0. The fourth-order valence-electron chi connectivity index (χ4n) is 3.13. The van der Waals surface area contributed by atoms with Gasteiger partial charge in [0.1, 0.15) is 10.8 Å². The predicted molar refractivity (Wildman–Crippen MR) is 119 cm³/mol. The van der Waals surface area contributed by atoms with Gasteiger partial charge in [-0.3, -0.25) is 4.79 Å². The van der Waals surface area contributed by atoms with Crippen molar-refractivity contribution in [2.45, 2.75) is 60.4 Å². The molecule has 0 radical (unpaired) electrons. The molecule has 150 valence electrons. The van der Waals surface area contributed by atoms with Crippen LogP contribution in [0.15, 0.2) is 36.2 Å². The average molecular weight is 400 g/mol. The summed E-state index contributed by atoms with van der Waals surface area (Å²) in [6.45, 7) is 12.2. The number of halogens is 1. The van der Waals surface area contributed by atoms with E-state index in [0.29, 0.717) is 22.4 Å². The molecule has 3 heterocycles. The van der Waals surface area contributed by atoms with Crippen molar-refractivity contribution < 1.29 is 4.79 Å². The van der Waals surface area contributed by atoms with Gasteiger partial charge in [0.2, 0.25) is 0 Å². The third kappa shape index (κ3) is 4.61. The average Bonchev–Trinajstić information content (AvgIpc) is 2.73. The van der Waals surface area contributed by atoms with Gasteiger partial charge in [-0.25, -0.2) is 9.97 Å². The number of ketones is 1. The molecule has 4 nitrogen and oxygen atoms in total. The highest BCUT2D eigenvalue weighted by Gasteiger charge is 2.24. The maximum Gasteiger partial charge on any atom is 0.184 e. The van der Waals surface area contributed by atoms with Crippen LogP contribution in [0.3, 0.4) is 0 Å². The van der Waals surface area contributed by atoms with E-state index in [-0.39, 0.29) is 11.7 Å². The zero-order valence-corrected chi connectivity index (χ0v) is 18.4. The Bertz CT molecular complexity index is 917. The van der Waals surface area contributed by atoms with Crippen molar-refractivity contribution in [2.24, 2.45) is 5.92 Å². The molecular weight excluding hydrogens is 370 g/mol. The third-order valence-corrected chi connectivity index (χ3v) is 5.21. The Morgan fingerprint density at radius 1 is 1.29 bits per heavy atom. The second kappa shape index (κ2) is 9.83. The Morgan fingerprint density at radius 3 is 2.61 bits per heavy atom. The minimum Gasteiger partial charge on any atom is -0.384 e.